The molecule has 1 aromatic carbocycles. The highest BCUT2D eigenvalue weighted by Gasteiger charge is 2.27. The third-order valence-electron chi connectivity index (χ3n) is 4.17. The monoisotopic (exact) mass is 295 g/mol. The maximum atomic E-state index is 12.5. The number of hydrogen-bond acceptors (Lipinski definition) is 3. The van der Waals surface area contributed by atoms with E-state index in [4.69, 9.17) is 0 Å². The first-order valence-corrected chi connectivity index (χ1v) is 7.09. The van der Waals surface area contributed by atoms with Crippen LogP contribution in [0.4, 0.5) is 5.69 Å². The van der Waals surface area contributed by atoms with Crippen LogP contribution in [0.2, 0.25) is 0 Å². The number of nitrogens with zero attached hydrogens (tertiary/aromatic N) is 2. The van der Waals surface area contributed by atoms with Gasteiger partial charge in [0, 0.05) is 37.9 Å². The Morgan fingerprint density at radius 1 is 1.35 bits per heavy atom. The Morgan fingerprint density at radius 2 is 2.15 bits per heavy atom. The molecule has 0 aliphatic carbocycles. The summed E-state index contributed by atoms with van der Waals surface area (Å²) in [5, 5.41) is 3.36. The van der Waals surface area contributed by atoms with E-state index in [2.05, 4.69) is 29.3 Å². The molecule has 0 bridgehead atoms. The van der Waals surface area contributed by atoms with Gasteiger partial charge in [-0.25, -0.2) is 0 Å². The summed E-state index contributed by atoms with van der Waals surface area (Å²) in [4.78, 5) is 16.7. The van der Waals surface area contributed by atoms with Crippen LogP contribution in [0.1, 0.15) is 12.5 Å². The predicted octanol–water partition coefficient (Wildman–Crippen LogP) is 1.29. The summed E-state index contributed by atoms with van der Waals surface area (Å²) in [6.45, 7) is 6.47. The molecule has 1 saturated heterocycles. The normalized spacial score (nSPS) is 22.2. The van der Waals surface area contributed by atoms with Gasteiger partial charge in [0.05, 0.1) is 6.54 Å². The fourth-order valence-corrected chi connectivity index (χ4v) is 2.97. The highest BCUT2D eigenvalue weighted by atomic mass is 35.5. The first-order chi connectivity index (χ1) is 9.25. The summed E-state index contributed by atoms with van der Waals surface area (Å²) in [6, 6.07) is 8.68. The number of para-hydroxylation sites is 1. The number of amides is 1. The average molecular weight is 296 g/mol. The van der Waals surface area contributed by atoms with Crippen LogP contribution in [0.15, 0.2) is 24.3 Å². The van der Waals surface area contributed by atoms with Crippen molar-refractivity contribution in [2.75, 3.05) is 37.6 Å². The van der Waals surface area contributed by atoms with Crippen LogP contribution < -0.4 is 10.2 Å². The summed E-state index contributed by atoms with van der Waals surface area (Å²) < 4.78 is 0. The first kappa shape index (κ1) is 15.3. The summed E-state index contributed by atoms with van der Waals surface area (Å²) in [5.74, 6) is 0.235. The minimum atomic E-state index is 0. The Balaban J connectivity index is 0.00000147. The van der Waals surface area contributed by atoms with Crippen molar-refractivity contribution in [2.24, 2.45) is 0 Å². The number of benzene rings is 1. The molecule has 0 spiro atoms. The molecule has 1 atom stereocenters. The molecule has 4 nitrogen and oxygen atoms in total. The number of rotatable bonds is 2. The minimum Gasteiger partial charge on any atom is -0.314 e. The molecule has 0 saturated carbocycles. The van der Waals surface area contributed by atoms with Gasteiger partial charge in [-0.05, 0) is 25.0 Å². The van der Waals surface area contributed by atoms with Crippen molar-refractivity contribution >= 4 is 24.0 Å². The largest absolute Gasteiger partial charge is 0.314 e. The van der Waals surface area contributed by atoms with E-state index >= 15 is 0 Å². The number of halogens is 1. The van der Waals surface area contributed by atoms with Gasteiger partial charge >= 0.3 is 0 Å². The van der Waals surface area contributed by atoms with Gasteiger partial charge in [-0.3, -0.25) is 9.69 Å². The molecule has 0 unspecified atom stereocenters. The van der Waals surface area contributed by atoms with Crippen LogP contribution in [0, 0.1) is 0 Å². The van der Waals surface area contributed by atoms with Gasteiger partial charge in [-0.15, -0.1) is 12.4 Å². The SMILES string of the molecule is C[C@H]1CNCCN1CC(=O)N1CCc2ccccc21.Cl. The third kappa shape index (κ3) is 2.97. The van der Waals surface area contributed by atoms with Gasteiger partial charge in [0.15, 0.2) is 0 Å². The van der Waals surface area contributed by atoms with Crippen LogP contribution >= 0.6 is 12.4 Å². The van der Waals surface area contributed by atoms with Crippen molar-refractivity contribution in [3.63, 3.8) is 0 Å². The van der Waals surface area contributed by atoms with Gasteiger partial charge in [-0.1, -0.05) is 18.2 Å². The van der Waals surface area contributed by atoms with Crippen LogP contribution in [0.3, 0.4) is 0 Å². The van der Waals surface area contributed by atoms with Crippen LogP contribution in [-0.2, 0) is 11.2 Å². The number of carbonyl (C=O) groups excluding carboxylic acids is 1. The minimum absolute atomic E-state index is 0. The first-order valence-electron chi connectivity index (χ1n) is 7.09. The fraction of sp³-hybridized carbons (Fsp3) is 0.533. The zero-order valence-corrected chi connectivity index (χ0v) is 12.7. The highest BCUT2D eigenvalue weighted by molar-refractivity contribution is 5.96. The fourth-order valence-electron chi connectivity index (χ4n) is 2.97. The maximum Gasteiger partial charge on any atom is 0.241 e. The lowest BCUT2D eigenvalue weighted by molar-refractivity contribution is -0.120. The van der Waals surface area contributed by atoms with E-state index < -0.39 is 0 Å². The molecule has 5 heteroatoms. The van der Waals surface area contributed by atoms with Gasteiger partial charge in [0.1, 0.15) is 0 Å². The van der Waals surface area contributed by atoms with Crippen LogP contribution in [0.25, 0.3) is 0 Å². The zero-order chi connectivity index (χ0) is 13.2. The lowest BCUT2D eigenvalue weighted by Crippen LogP contribution is -2.53. The lowest BCUT2D eigenvalue weighted by Gasteiger charge is -2.34. The number of hydrogen-bond donors (Lipinski definition) is 1. The van der Waals surface area contributed by atoms with Crippen molar-refractivity contribution in [3.05, 3.63) is 29.8 Å². The van der Waals surface area contributed by atoms with Gasteiger partial charge in [-0.2, -0.15) is 0 Å². The molecule has 2 aliphatic heterocycles. The quantitative estimate of drug-likeness (QED) is 0.893. The van der Waals surface area contributed by atoms with Crippen LogP contribution in [-0.4, -0.2) is 49.6 Å². The predicted molar refractivity (Wildman–Crippen MR) is 83.7 cm³/mol. The summed E-state index contributed by atoms with van der Waals surface area (Å²) in [7, 11) is 0. The van der Waals surface area contributed by atoms with Crippen LogP contribution in [0.5, 0.6) is 0 Å². The van der Waals surface area contributed by atoms with E-state index in [1.807, 2.05) is 17.0 Å². The zero-order valence-electron chi connectivity index (χ0n) is 11.8. The van der Waals surface area contributed by atoms with Gasteiger partial charge in [0.25, 0.3) is 0 Å². The van der Waals surface area contributed by atoms with Crippen molar-refractivity contribution in [2.45, 2.75) is 19.4 Å². The van der Waals surface area contributed by atoms with E-state index in [1.165, 1.54) is 5.56 Å². The summed E-state index contributed by atoms with van der Waals surface area (Å²) in [6.07, 6.45) is 0.985. The number of anilines is 1. The Labute approximate surface area is 126 Å². The van der Waals surface area contributed by atoms with Gasteiger partial charge < -0.3 is 10.2 Å². The highest BCUT2D eigenvalue weighted by Crippen LogP contribution is 2.27. The molecule has 0 radical (unpaired) electrons. The second kappa shape index (κ2) is 6.57. The molecule has 110 valence electrons. The Morgan fingerprint density at radius 3 is 2.95 bits per heavy atom. The number of carbonyl (C=O) groups is 1. The number of fused-ring (bicyclic) bond motifs is 1. The Bertz CT molecular complexity index is 480. The van der Waals surface area contributed by atoms with Crippen molar-refractivity contribution < 1.29 is 4.79 Å². The smallest absolute Gasteiger partial charge is 0.241 e. The average Bonchev–Trinajstić information content (AvgIpc) is 2.85. The van der Waals surface area contributed by atoms with E-state index in [1.54, 1.807) is 0 Å². The van der Waals surface area contributed by atoms with E-state index in [0.717, 1.165) is 38.3 Å². The number of nitrogens with one attached hydrogen (secondary N) is 1. The Hall–Kier alpha value is -1.10. The molecule has 2 aliphatic rings. The van der Waals surface area contributed by atoms with Crippen molar-refractivity contribution in [1.82, 2.24) is 10.2 Å². The molecular formula is C15H22ClN3O. The maximum absolute atomic E-state index is 12.5. The van der Waals surface area contributed by atoms with E-state index in [-0.39, 0.29) is 18.3 Å². The topological polar surface area (TPSA) is 35.6 Å². The molecule has 2 heterocycles. The summed E-state index contributed by atoms with van der Waals surface area (Å²) >= 11 is 0. The van der Waals surface area contributed by atoms with E-state index in [0.29, 0.717) is 12.6 Å². The van der Waals surface area contributed by atoms with Crippen molar-refractivity contribution in [3.8, 4) is 0 Å². The molecular weight excluding hydrogens is 274 g/mol. The second-order valence-corrected chi connectivity index (χ2v) is 5.45. The summed E-state index contributed by atoms with van der Waals surface area (Å²) in [5.41, 5.74) is 2.40. The second-order valence-electron chi connectivity index (χ2n) is 5.45. The standard InChI is InChI=1S/C15H21N3O.ClH/c1-12-10-16-7-9-17(12)11-15(19)18-8-6-13-4-2-3-5-14(13)18;/h2-5,12,16H,6-11H2,1H3;1H/t12-;/m0./s1. The molecule has 1 aromatic rings. The van der Waals surface area contributed by atoms with E-state index in [9.17, 15) is 4.79 Å². The number of piperazine rings is 1. The molecule has 20 heavy (non-hydrogen) atoms. The van der Waals surface area contributed by atoms with Crippen molar-refractivity contribution in [1.29, 1.82) is 0 Å². The molecule has 3 rings (SSSR count). The Kier molecular flexibility index (Phi) is 5.02. The molecule has 0 aromatic heterocycles. The molecule has 1 fully saturated rings. The molecule has 1 amide bonds. The molecule has 1 N–H and O–H groups in total. The van der Waals surface area contributed by atoms with Gasteiger partial charge in [0.2, 0.25) is 5.91 Å². The third-order valence-corrected chi connectivity index (χ3v) is 4.17. The lowest BCUT2D eigenvalue weighted by atomic mass is 10.2.